The number of benzene rings is 3. The number of cyclic esters (lactones) is 1. The Kier molecular flexibility index (Phi) is 5.27. The summed E-state index contributed by atoms with van der Waals surface area (Å²) < 4.78 is 11.1. The lowest BCUT2D eigenvalue weighted by atomic mass is 10.0. The maximum absolute atomic E-state index is 11.5. The molecule has 1 atom stereocenters. The van der Waals surface area contributed by atoms with E-state index in [1.165, 1.54) is 11.1 Å². The minimum atomic E-state index is -0.262. The molecule has 1 unspecified atom stereocenters. The van der Waals surface area contributed by atoms with Crippen molar-refractivity contribution in [2.75, 3.05) is 19.0 Å². The predicted molar refractivity (Wildman–Crippen MR) is 121 cm³/mol. The van der Waals surface area contributed by atoms with Crippen LogP contribution in [0.4, 0.5) is 10.5 Å². The smallest absolute Gasteiger partial charge is 0.409 e. The van der Waals surface area contributed by atoms with Gasteiger partial charge in [-0.05, 0) is 65.4 Å². The largest absolute Gasteiger partial charge is 0.457 e. The highest BCUT2D eigenvalue weighted by Crippen LogP contribution is 2.27. The fourth-order valence-electron chi connectivity index (χ4n) is 4.13. The molecule has 2 aliphatic rings. The van der Waals surface area contributed by atoms with Crippen molar-refractivity contribution in [3.8, 4) is 11.5 Å². The number of anilines is 1. The average molecular weight is 428 g/mol. The van der Waals surface area contributed by atoms with E-state index in [4.69, 9.17) is 9.47 Å². The van der Waals surface area contributed by atoms with E-state index in [1.54, 1.807) is 11.9 Å². The van der Waals surface area contributed by atoms with Crippen LogP contribution >= 0.6 is 0 Å². The van der Waals surface area contributed by atoms with Crippen molar-refractivity contribution >= 4 is 17.7 Å². The van der Waals surface area contributed by atoms with E-state index in [0.717, 1.165) is 41.2 Å². The zero-order chi connectivity index (χ0) is 22.1. The Hall–Kier alpha value is -3.80. The van der Waals surface area contributed by atoms with Crippen molar-refractivity contribution in [1.29, 1.82) is 0 Å². The molecule has 0 aromatic heterocycles. The number of rotatable bonds is 6. The van der Waals surface area contributed by atoms with E-state index in [2.05, 4.69) is 29.6 Å². The van der Waals surface area contributed by atoms with E-state index < -0.39 is 0 Å². The minimum absolute atomic E-state index is 0.0571. The summed E-state index contributed by atoms with van der Waals surface area (Å²) >= 11 is 0. The molecular formula is C26H24N2O4. The van der Waals surface area contributed by atoms with Gasteiger partial charge >= 0.3 is 6.09 Å². The SMILES string of the molecule is CN1C(=O)OCC1Cc1ccc(Oc2ccc(Cc3ccc4c(c3)CC(=O)N4)cc2)cc1. The molecule has 2 amide bonds. The van der Waals surface area contributed by atoms with E-state index in [-0.39, 0.29) is 18.0 Å². The topological polar surface area (TPSA) is 67.9 Å². The second-order valence-electron chi connectivity index (χ2n) is 8.33. The molecule has 0 aliphatic carbocycles. The standard InChI is InChI=1S/C26H24N2O4/c1-28-21(16-31-26(28)30)14-18-4-9-23(10-5-18)32-22-7-2-17(3-8-22)12-19-6-11-24-20(13-19)15-25(29)27-24/h2-11,13,21H,12,14-16H2,1H3,(H,27,29). The monoisotopic (exact) mass is 428 g/mol. The molecule has 2 aliphatic heterocycles. The van der Waals surface area contributed by atoms with Gasteiger partial charge < -0.3 is 19.7 Å². The van der Waals surface area contributed by atoms with Crippen LogP contribution in [-0.4, -0.2) is 36.6 Å². The van der Waals surface area contributed by atoms with Gasteiger partial charge in [-0.1, -0.05) is 36.4 Å². The molecule has 3 aromatic carbocycles. The number of hydrogen-bond acceptors (Lipinski definition) is 4. The lowest BCUT2D eigenvalue weighted by Crippen LogP contribution is -2.30. The fourth-order valence-corrected chi connectivity index (χ4v) is 4.13. The Morgan fingerprint density at radius 3 is 2.25 bits per heavy atom. The third-order valence-corrected chi connectivity index (χ3v) is 5.99. The highest BCUT2D eigenvalue weighted by Gasteiger charge is 2.29. The molecule has 32 heavy (non-hydrogen) atoms. The highest BCUT2D eigenvalue weighted by atomic mass is 16.6. The van der Waals surface area contributed by atoms with Gasteiger partial charge in [0, 0.05) is 12.7 Å². The predicted octanol–water partition coefficient (Wildman–Crippen LogP) is 4.56. The Balaban J connectivity index is 1.18. The van der Waals surface area contributed by atoms with Crippen molar-refractivity contribution in [3.63, 3.8) is 0 Å². The molecule has 1 saturated heterocycles. The molecule has 0 saturated carbocycles. The molecule has 0 bridgehead atoms. The van der Waals surface area contributed by atoms with Crippen LogP contribution in [0.3, 0.4) is 0 Å². The molecule has 5 rings (SSSR count). The van der Waals surface area contributed by atoms with Gasteiger partial charge in [0.1, 0.15) is 18.1 Å². The maximum Gasteiger partial charge on any atom is 0.409 e. The van der Waals surface area contributed by atoms with Gasteiger partial charge in [0.25, 0.3) is 0 Å². The summed E-state index contributed by atoms with van der Waals surface area (Å²) in [6, 6.07) is 22.2. The molecule has 0 radical (unpaired) electrons. The van der Waals surface area contributed by atoms with Gasteiger partial charge in [-0.2, -0.15) is 0 Å². The molecule has 0 spiro atoms. The maximum atomic E-state index is 11.5. The number of nitrogens with zero attached hydrogens (tertiary/aromatic N) is 1. The minimum Gasteiger partial charge on any atom is -0.457 e. The van der Waals surface area contributed by atoms with Crippen LogP contribution in [0, 0.1) is 0 Å². The van der Waals surface area contributed by atoms with Crippen LogP contribution in [-0.2, 0) is 28.8 Å². The van der Waals surface area contributed by atoms with Crippen molar-refractivity contribution < 1.29 is 19.1 Å². The van der Waals surface area contributed by atoms with Crippen molar-refractivity contribution in [2.24, 2.45) is 0 Å². The third kappa shape index (κ3) is 4.30. The number of nitrogens with one attached hydrogen (secondary N) is 1. The number of ether oxygens (including phenoxy) is 2. The summed E-state index contributed by atoms with van der Waals surface area (Å²) in [6.07, 6.45) is 1.75. The number of fused-ring (bicyclic) bond motifs is 1. The summed E-state index contributed by atoms with van der Waals surface area (Å²) in [5, 5.41) is 2.87. The summed E-state index contributed by atoms with van der Waals surface area (Å²) in [5.74, 6) is 1.60. The second kappa shape index (κ2) is 8.38. The first kappa shape index (κ1) is 20.1. The van der Waals surface area contributed by atoms with Crippen molar-refractivity contribution in [3.05, 3.63) is 89.0 Å². The molecule has 3 aromatic rings. The summed E-state index contributed by atoms with van der Waals surface area (Å²) in [4.78, 5) is 24.7. The van der Waals surface area contributed by atoms with Crippen molar-refractivity contribution in [1.82, 2.24) is 4.90 Å². The molecule has 6 heteroatoms. The summed E-state index contributed by atoms with van der Waals surface area (Å²) in [5.41, 5.74) is 5.49. The fraction of sp³-hybridized carbons (Fsp3) is 0.231. The van der Waals surface area contributed by atoms with Crippen molar-refractivity contribution in [2.45, 2.75) is 25.3 Å². The number of hydrogen-bond donors (Lipinski definition) is 1. The van der Waals surface area contributed by atoms with Gasteiger partial charge in [0.2, 0.25) is 5.91 Å². The molecule has 2 heterocycles. The number of carbonyl (C=O) groups is 2. The van der Waals surface area contributed by atoms with Gasteiger partial charge in [-0.25, -0.2) is 4.79 Å². The number of carbonyl (C=O) groups excluding carboxylic acids is 2. The Bertz CT molecular complexity index is 1160. The average Bonchev–Trinajstić information content (AvgIpc) is 3.32. The first-order chi connectivity index (χ1) is 15.5. The van der Waals surface area contributed by atoms with Crippen LogP contribution in [0.2, 0.25) is 0 Å². The zero-order valence-corrected chi connectivity index (χ0v) is 17.8. The lowest BCUT2D eigenvalue weighted by Gasteiger charge is -2.16. The Morgan fingerprint density at radius 1 is 0.938 bits per heavy atom. The quantitative estimate of drug-likeness (QED) is 0.625. The van der Waals surface area contributed by atoms with Gasteiger partial charge in [-0.3, -0.25) is 4.79 Å². The molecule has 1 fully saturated rings. The van der Waals surface area contributed by atoms with Crippen LogP contribution in [0.5, 0.6) is 11.5 Å². The second-order valence-corrected chi connectivity index (χ2v) is 8.33. The molecule has 162 valence electrons. The molecule has 1 N–H and O–H groups in total. The number of amides is 2. The normalized spacial score (nSPS) is 17.2. The molecule has 6 nitrogen and oxygen atoms in total. The van der Waals surface area contributed by atoms with Gasteiger partial charge in [0.05, 0.1) is 12.5 Å². The van der Waals surface area contributed by atoms with E-state index in [1.807, 2.05) is 42.5 Å². The van der Waals surface area contributed by atoms with Crippen LogP contribution in [0.25, 0.3) is 0 Å². The zero-order valence-electron chi connectivity index (χ0n) is 17.8. The summed E-state index contributed by atoms with van der Waals surface area (Å²) in [6.45, 7) is 0.431. The van der Waals surface area contributed by atoms with E-state index in [0.29, 0.717) is 13.0 Å². The highest BCUT2D eigenvalue weighted by molar-refractivity contribution is 5.99. The summed E-state index contributed by atoms with van der Waals surface area (Å²) in [7, 11) is 1.77. The first-order valence-electron chi connectivity index (χ1n) is 10.7. The number of likely N-dealkylation sites (N-methyl/N-ethyl adjacent to an activating group) is 1. The van der Waals surface area contributed by atoms with Gasteiger partial charge in [0.15, 0.2) is 0 Å². The van der Waals surface area contributed by atoms with Crippen LogP contribution < -0.4 is 10.1 Å². The lowest BCUT2D eigenvalue weighted by molar-refractivity contribution is -0.115. The Labute approximate surface area is 186 Å². The van der Waals surface area contributed by atoms with Crippen LogP contribution in [0.15, 0.2) is 66.7 Å². The first-order valence-corrected chi connectivity index (χ1v) is 10.7. The van der Waals surface area contributed by atoms with Gasteiger partial charge in [-0.15, -0.1) is 0 Å². The Morgan fingerprint density at radius 2 is 1.59 bits per heavy atom. The van der Waals surface area contributed by atoms with Crippen LogP contribution in [0.1, 0.15) is 22.3 Å². The molecular weight excluding hydrogens is 404 g/mol. The van der Waals surface area contributed by atoms with E-state index in [9.17, 15) is 9.59 Å². The third-order valence-electron chi connectivity index (χ3n) is 5.99. The van der Waals surface area contributed by atoms with E-state index >= 15 is 0 Å².